The van der Waals surface area contributed by atoms with Crippen molar-refractivity contribution in [1.29, 1.82) is 0 Å². The largest absolute Gasteiger partial charge is 0.352 e. The zero-order valence-electron chi connectivity index (χ0n) is 16.0. The number of rotatable bonds is 7. The van der Waals surface area contributed by atoms with Gasteiger partial charge < -0.3 is 9.47 Å². The van der Waals surface area contributed by atoms with Crippen molar-refractivity contribution < 1.29 is 9.47 Å². The molecule has 1 aliphatic carbocycles. The maximum atomic E-state index is 6.12. The topological polar surface area (TPSA) is 18.5 Å². The molecule has 2 aliphatic rings. The van der Waals surface area contributed by atoms with Crippen LogP contribution in [-0.4, -0.2) is 19.5 Å². The number of ether oxygens (including phenoxy) is 2. The van der Waals surface area contributed by atoms with Gasteiger partial charge in [0.05, 0.1) is 13.2 Å². The Morgan fingerprint density at radius 3 is 2.31 bits per heavy atom. The summed E-state index contributed by atoms with van der Waals surface area (Å²) < 4.78 is 12.2. The summed E-state index contributed by atoms with van der Waals surface area (Å²) in [6.07, 6.45) is 11.9. The first-order chi connectivity index (χ1) is 12.8. The van der Waals surface area contributed by atoms with Crippen molar-refractivity contribution in [2.45, 2.75) is 70.5 Å². The molecule has 0 unspecified atom stereocenters. The second-order valence-electron chi connectivity index (χ2n) is 7.92. The Morgan fingerprint density at radius 1 is 1.00 bits per heavy atom. The van der Waals surface area contributed by atoms with Crippen molar-refractivity contribution in [2.24, 2.45) is 11.8 Å². The van der Waals surface area contributed by atoms with Crippen molar-refractivity contribution in [3.8, 4) is 0 Å². The highest BCUT2D eigenvalue weighted by Crippen LogP contribution is 2.35. The fraction of sp³-hybridized carbons (Fsp3) is 0.652. The quantitative estimate of drug-likeness (QED) is 0.510. The molecule has 2 fully saturated rings. The molecule has 0 N–H and O–H groups in total. The van der Waals surface area contributed by atoms with E-state index in [4.69, 9.17) is 21.1 Å². The monoisotopic (exact) mass is 376 g/mol. The van der Waals surface area contributed by atoms with Gasteiger partial charge >= 0.3 is 0 Å². The van der Waals surface area contributed by atoms with Gasteiger partial charge in [-0.3, -0.25) is 0 Å². The Morgan fingerprint density at radius 2 is 1.69 bits per heavy atom. The third kappa shape index (κ3) is 5.58. The fourth-order valence-corrected chi connectivity index (χ4v) is 4.44. The molecule has 1 saturated heterocycles. The van der Waals surface area contributed by atoms with Crippen LogP contribution in [0.3, 0.4) is 0 Å². The molecule has 2 nitrogen and oxygen atoms in total. The second kappa shape index (κ2) is 10.5. The van der Waals surface area contributed by atoms with Crippen LogP contribution in [0.15, 0.2) is 35.9 Å². The van der Waals surface area contributed by atoms with Gasteiger partial charge in [0, 0.05) is 17.4 Å². The molecule has 1 aliphatic heterocycles. The minimum absolute atomic E-state index is 0.0134. The van der Waals surface area contributed by atoms with E-state index in [0.717, 1.165) is 13.2 Å². The van der Waals surface area contributed by atoms with Crippen LogP contribution in [0.5, 0.6) is 0 Å². The predicted molar refractivity (Wildman–Crippen MR) is 109 cm³/mol. The van der Waals surface area contributed by atoms with E-state index in [1.54, 1.807) is 5.54 Å². The standard InChI is InChI=1S/C23H33ClO2/c1-2-3-4-5-18-6-10-20(11-7-18)22-16-25-23(26-17-22)21-12-8-19(9-13-21)14-15-24/h6-7,10-11,14-15,19,21-23H,2-5,8-9,12-13,16-17H2,1H3/b15-14+/t19-,21-,22-,23-. The molecule has 0 atom stereocenters. The minimum atomic E-state index is -0.0134. The van der Waals surface area contributed by atoms with E-state index in [-0.39, 0.29) is 6.29 Å². The number of hydrogen-bond acceptors (Lipinski definition) is 2. The summed E-state index contributed by atoms with van der Waals surface area (Å²) in [6.45, 7) is 3.81. The van der Waals surface area contributed by atoms with Crippen molar-refractivity contribution in [3.05, 3.63) is 47.0 Å². The van der Waals surface area contributed by atoms with Gasteiger partial charge in [-0.15, -0.1) is 0 Å². The second-order valence-corrected chi connectivity index (χ2v) is 8.18. The first-order valence-corrected chi connectivity index (χ1v) is 10.8. The summed E-state index contributed by atoms with van der Waals surface area (Å²) in [7, 11) is 0. The third-order valence-corrected chi connectivity index (χ3v) is 6.14. The van der Waals surface area contributed by atoms with Crippen LogP contribution in [0, 0.1) is 11.8 Å². The predicted octanol–water partition coefficient (Wildman–Crippen LogP) is 6.43. The van der Waals surface area contributed by atoms with Crippen LogP contribution < -0.4 is 0 Å². The summed E-state index contributed by atoms with van der Waals surface area (Å²) in [5.41, 5.74) is 4.46. The van der Waals surface area contributed by atoms with E-state index in [2.05, 4.69) is 37.3 Å². The minimum Gasteiger partial charge on any atom is -0.352 e. The van der Waals surface area contributed by atoms with Crippen LogP contribution in [0.2, 0.25) is 0 Å². The van der Waals surface area contributed by atoms with E-state index in [1.165, 1.54) is 62.5 Å². The van der Waals surface area contributed by atoms with Gasteiger partial charge in [0.2, 0.25) is 0 Å². The highest BCUT2D eigenvalue weighted by molar-refractivity contribution is 6.25. The number of aryl methyl sites for hydroxylation is 1. The first kappa shape index (κ1) is 19.9. The van der Waals surface area contributed by atoms with Gasteiger partial charge in [-0.1, -0.05) is 61.7 Å². The van der Waals surface area contributed by atoms with E-state index >= 15 is 0 Å². The molecule has 1 saturated carbocycles. The Bertz CT molecular complexity index is 538. The lowest BCUT2D eigenvalue weighted by molar-refractivity contribution is -0.217. The highest BCUT2D eigenvalue weighted by atomic mass is 35.5. The van der Waals surface area contributed by atoms with Crippen LogP contribution in [-0.2, 0) is 15.9 Å². The molecule has 1 aromatic rings. The molecule has 1 heterocycles. The molecule has 144 valence electrons. The molecule has 0 radical (unpaired) electrons. The lowest BCUT2D eigenvalue weighted by Gasteiger charge is -2.37. The number of benzene rings is 1. The average molecular weight is 377 g/mol. The van der Waals surface area contributed by atoms with E-state index < -0.39 is 0 Å². The SMILES string of the molecule is CCCCCc1ccc([C@H]2CO[C@H]([C@H]3CC[C@H](/C=C/Cl)CC3)OC2)cc1. The Balaban J connectivity index is 1.43. The lowest BCUT2D eigenvalue weighted by Crippen LogP contribution is -2.37. The molecule has 0 bridgehead atoms. The molecule has 1 aromatic carbocycles. The van der Waals surface area contributed by atoms with Crippen molar-refractivity contribution in [3.63, 3.8) is 0 Å². The van der Waals surface area contributed by atoms with Gasteiger partial charge in [-0.2, -0.15) is 0 Å². The third-order valence-electron chi connectivity index (χ3n) is 5.99. The van der Waals surface area contributed by atoms with Gasteiger partial charge in [0.25, 0.3) is 0 Å². The molecular weight excluding hydrogens is 344 g/mol. The lowest BCUT2D eigenvalue weighted by atomic mass is 9.81. The van der Waals surface area contributed by atoms with Crippen LogP contribution in [0.4, 0.5) is 0 Å². The Kier molecular flexibility index (Phi) is 8.04. The van der Waals surface area contributed by atoms with Crippen LogP contribution >= 0.6 is 11.6 Å². The fourth-order valence-electron chi connectivity index (χ4n) is 4.23. The highest BCUT2D eigenvalue weighted by Gasteiger charge is 2.32. The summed E-state index contributed by atoms with van der Waals surface area (Å²) in [4.78, 5) is 0. The molecule has 0 aromatic heterocycles. The molecule has 0 spiro atoms. The molecular formula is C23H33ClO2. The van der Waals surface area contributed by atoms with Gasteiger partial charge in [0.15, 0.2) is 6.29 Å². The maximum Gasteiger partial charge on any atom is 0.160 e. The number of allylic oxidation sites excluding steroid dienone is 1. The molecule has 26 heavy (non-hydrogen) atoms. The van der Waals surface area contributed by atoms with Crippen LogP contribution in [0.25, 0.3) is 0 Å². The molecule has 3 rings (SSSR count). The Labute approximate surface area is 163 Å². The smallest absolute Gasteiger partial charge is 0.160 e. The van der Waals surface area contributed by atoms with Crippen molar-refractivity contribution in [2.75, 3.05) is 13.2 Å². The summed E-state index contributed by atoms with van der Waals surface area (Å²) in [5, 5.41) is 0. The van der Waals surface area contributed by atoms with Gasteiger partial charge in [0.1, 0.15) is 0 Å². The summed E-state index contributed by atoms with van der Waals surface area (Å²) >= 11 is 5.71. The van der Waals surface area contributed by atoms with E-state index in [0.29, 0.717) is 17.8 Å². The maximum absolute atomic E-state index is 6.12. The zero-order valence-corrected chi connectivity index (χ0v) is 16.8. The molecule has 3 heteroatoms. The van der Waals surface area contributed by atoms with Crippen molar-refractivity contribution in [1.82, 2.24) is 0 Å². The number of unbranched alkanes of at least 4 members (excludes halogenated alkanes) is 2. The average Bonchev–Trinajstić information content (AvgIpc) is 2.70. The van der Waals surface area contributed by atoms with Gasteiger partial charge in [-0.05, 0) is 55.6 Å². The summed E-state index contributed by atoms with van der Waals surface area (Å²) in [6, 6.07) is 9.09. The van der Waals surface area contributed by atoms with Gasteiger partial charge in [-0.25, -0.2) is 0 Å². The van der Waals surface area contributed by atoms with Crippen molar-refractivity contribution >= 4 is 11.6 Å². The normalized spacial score (nSPS) is 29.9. The zero-order chi connectivity index (χ0) is 18.2. The Hall–Kier alpha value is -0.830. The summed E-state index contributed by atoms with van der Waals surface area (Å²) in [5.74, 6) is 1.54. The molecule has 0 amide bonds. The number of halogens is 1. The first-order valence-electron chi connectivity index (χ1n) is 10.4. The van der Waals surface area contributed by atoms with E-state index in [9.17, 15) is 0 Å². The number of hydrogen-bond donors (Lipinski definition) is 0. The van der Waals surface area contributed by atoms with Crippen LogP contribution in [0.1, 0.15) is 68.9 Å². The van der Waals surface area contributed by atoms with E-state index in [1.807, 2.05) is 0 Å².